The van der Waals surface area contributed by atoms with Gasteiger partial charge in [-0.3, -0.25) is 4.79 Å². The van der Waals surface area contributed by atoms with Gasteiger partial charge in [0.25, 0.3) is 0 Å². The number of benzene rings is 3. The second kappa shape index (κ2) is 12.9. The molecule has 1 heterocycles. The molecular weight excluding hydrogens is 506 g/mol. The normalized spacial score (nSPS) is 11.3. The highest BCUT2D eigenvalue weighted by Gasteiger charge is 2.24. The Morgan fingerprint density at radius 2 is 1.35 bits per heavy atom. The highest BCUT2D eigenvalue weighted by molar-refractivity contribution is 7.92. The first-order valence-corrected chi connectivity index (χ1v) is 14.4. The van der Waals surface area contributed by atoms with Crippen molar-refractivity contribution in [2.45, 2.75) is 51.9 Å². The molecule has 0 radical (unpaired) electrons. The molecule has 6 nitrogen and oxygen atoms in total. The molecule has 196 valence electrons. The average molecular weight is 540 g/mol. The van der Waals surface area contributed by atoms with E-state index in [2.05, 4.69) is 12.2 Å². The van der Waals surface area contributed by atoms with Crippen LogP contribution in [0, 0.1) is 0 Å². The Labute approximate surface area is 225 Å². The molecule has 0 unspecified atom stereocenters. The van der Waals surface area contributed by atoms with Crippen molar-refractivity contribution in [3.05, 3.63) is 72.8 Å². The number of hydrogen-bond donors (Lipinski definition) is 1. The Balaban J connectivity index is 0.00000380. The molecule has 8 heteroatoms. The summed E-state index contributed by atoms with van der Waals surface area (Å²) in [4.78, 5) is 17.6. The minimum absolute atomic E-state index is 0. The van der Waals surface area contributed by atoms with E-state index in [-0.39, 0.29) is 24.7 Å². The highest BCUT2D eigenvalue weighted by atomic mass is 35.5. The third-order valence-corrected chi connectivity index (χ3v) is 7.34. The van der Waals surface area contributed by atoms with E-state index in [9.17, 15) is 13.2 Å². The number of amides is 1. The van der Waals surface area contributed by atoms with Crippen LogP contribution in [-0.4, -0.2) is 25.6 Å². The molecule has 37 heavy (non-hydrogen) atoms. The van der Waals surface area contributed by atoms with Gasteiger partial charge in [-0.15, -0.1) is 12.4 Å². The maximum Gasteiger partial charge on any atom is 0.240 e. The van der Waals surface area contributed by atoms with Crippen LogP contribution >= 0.6 is 12.4 Å². The van der Waals surface area contributed by atoms with Crippen LogP contribution in [0.5, 0.6) is 0 Å². The lowest BCUT2D eigenvalue weighted by molar-refractivity contribution is -0.117. The van der Waals surface area contributed by atoms with Gasteiger partial charge in [0.1, 0.15) is 0 Å². The molecular formula is C29H34ClN3O3S. The van der Waals surface area contributed by atoms with Crippen molar-refractivity contribution in [2.75, 3.05) is 15.9 Å². The summed E-state index contributed by atoms with van der Waals surface area (Å²) in [5.74, 6) is -0.389. The molecule has 0 aliphatic rings. The Kier molecular flexibility index (Phi) is 9.89. The first kappa shape index (κ1) is 28.4. The van der Waals surface area contributed by atoms with Crippen molar-refractivity contribution in [3.8, 4) is 0 Å². The molecule has 0 aliphatic heterocycles. The van der Waals surface area contributed by atoms with Crippen LogP contribution < -0.4 is 9.62 Å². The number of fused-ring (bicyclic) bond motifs is 2. The van der Waals surface area contributed by atoms with Gasteiger partial charge in [0.05, 0.1) is 28.7 Å². The number of para-hydroxylation sites is 2. The maximum absolute atomic E-state index is 12.9. The van der Waals surface area contributed by atoms with Crippen LogP contribution in [0.15, 0.2) is 72.8 Å². The Morgan fingerprint density at radius 1 is 0.811 bits per heavy atom. The lowest BCUT2D eigenvalue weighted by Gasteiger charge is -2.21. The van der Waals surface area contributed by atoms with Crippen LogP contribution in [0.1, 0.15) is 51.9 Å². The smallest absolute Gasteiger partial charge is 0.240 e. The lowest BCUT2D eigenvalue weighted by Crippen LogP contribution is -2.36. The summed E-state index contributed by atoms with van der Waals surface area (Å²) < 4.78 is 25.9. The number of aromatic nitrogens is 1. The fourth-order valence-corrected chi connectivity index (χ4v) is 5.44. The number of hydrogen-bond acceptors (Lipinski definition) is 5. The first-order valence-electron chi connectivity index (χ1n) is 12.6. The molecule has 0 saturated heterocycles. The van der Waals surface area contributed by atoms with Gasteiger partial charge >= 0.3 is 0 Å². The summed E-state index contributed by atoms with van der Waals surface area (Å²) >= 11 is 0. The van der Waals surface area contributed by atoms with Crippen LogP contribution in [0.4, 0.5) is 17.1 Å². The summed E-state index contributed by atoms with van der Waals surface area (Å²) in [6, 6.07) is 22.8. The number of anilines is 3. The largest absolute Gasteiger partial charge is 0.354 e. The highest BCUT2D eigenvalue weighted by Crippen LogP contribution is 2.33. The van der Waals surface area contributed by atoms with E-state index in [1.54, 1.807) is 24.3 Å². The molecule has 1 amide bonds. The number of halogens is 1. The zero-order valence-electron chi connectivity index (χ0n) is 21.3. The average Bonchev–Trinajstić information content (AvgIpc) is 2.86. The second-order valence-corrected chi connectivity index (χ2v) is 11.0. The van der Waals surface area contributed by atoms with Crippen molar-refractivity contribution in [2.24, 2.45) is 0 Å². The van der Waals surface area contributed by atoms with E-state index in [0.717, 1.165) is 63.0 Å². The molecule has 0 aliphatic carbocycles. The summed E-state index contributed by atoms with van der Waals surface area (Å²) in [5, 5.41) is 5.48. The van der Waals surface area contributed by atoms with E-state index >= 15 is 0 Å². The van der Waals surface area contributed by atoms with E-state index in [0.29, 0.717) is 12.1 Å². The van der Waals surface area contributed by atoms with Crippen LogP contribution in [0.2, 0.25) is 0 Å². The van der Waals surface area contributed by atoms with Gasteiger partial charge < -0.3 is 5.32 Å². The number of nitrogens with zero attached hydrogens (tertiary/aromatic N) is 2. The summed E-state index contributed by atoms with van der Waals surface area (Å²) in [5.41, 5.74) is 3.85. The molecule has 3 aromatic carbocycles. The quantitative estimate of drug-likeness (QED) is 0.157. The van der Waals surface area contributed by atoms with Crippen LogP contribution in [0.3, 0.4) is 0 Å². The van der Waals surface area contributed by atoms with Crippen molar-refractivity contribution in [1.29, 1.82) is 0 Å². The van der Waals surface area contributed by atoms with Gasteiger partial charge in [-0.25, -0.2) is 17.7 Å². The number of unbranched alkanes of at least 4 members (excludes halogenated alkanes) is 5. The van der Waals surface area contributed by atoms with Gasteiger partial charge in [-0.05, 0) is 42.8 Å². The predicted octanol–water partition coefficient (Wildman–Crippen LogP) is 7.60. The minimum atomic E-state index is -3.74. The molecule has 0 spiro atoms. The van der Waals surface area contributed by atoms with Gasteiger partial charge in [0.15, 0.2) is 0 Å². The molecule has 0 saturated carbocycles. The number of nitrogens with one attached hydrogen (secondary N) is 1. The lowest BCUT2D eigenvalue weighted by atomic mass is 10.1. The molecule has 1 aromatic heterocycles. The molecule has 0 bridgehead atoms. The Hall–Kier alpha value is -3.16. The standard InChI is InChI=1S/C29H33N3O3S.ClH/c1-3-4-5-6-7-8-17-28(33)32(36(2,34)35)23-20-18-22(19-21-23)30-29-24-13-9-11-15-26(24)31-27-16-12-10-14-25(27)29;/h9-16,18-21H,3-8,17H2,1-2H3,(H,30,31);1H. The van der Waals surface area contributed by atoms with E-state index < -0.39 is 10.0 Å². The predicted molar refractivity (Wildman–Crippen MR) is 157 cm³/mol. The number of sulfonamides is 1. The fourth-order valence-electron chi connectivity index (χ4n) is 4.48. The third kappa shape index (κ3) is 6.99. The topological polar surface area (TPSA) is 79.4 Å². The number of pyridine rings is 1. The summed E-state index contributed by atoms with van der Waals surface area (Å²) in [7, 11) is -3.74. The van der Waals surface area contributed by atoms with Crippen LogP contribution in [-0.2, 0) is 14.8 Å². The minimum Gasteiger partial charge on any atom is -0.354 e. The van der Waals surface area contributed by atoms with Gasteiger partial charge in [-0.1, -0.05) is 75.4 Å². The summed E-state index contributed by atoms with van der Waals surface area (Å²) in [6.45, 7) is 2.16. The monoisotopic (exact) mass is 539 g/mol. The van der Waals surface area contributed by atoms with Crippen molar-refractivity contribution < 1.29 is 13.2 Å². The Bertz CT molecular complexity index is 1400. The van der Waals surface area contributed by atoms with Crippen molar-refractivity contribution in [3.63, 3.8) is 0 Å². The van der Waals surface area contributed by atoms with Crippen LogP contribution in [0.25, 0.3) is 21.8 Å². The number of rotatable bonds is 11. The second-order valence-electron chi connectivity index (χ2n) is 9.13. The van der Waals surface area contributed by atoms with Crippen molar-refractivity contribution >= 4 is 67.2 Å². The van der Waals surface area contributed by atoms with Gasteiger partial charge in [-0.2, -0.15) is 0 Å². The van der Waals surface area contributed by atoms with Gasteiger partial charge in [0.2, 0.25) is 15.9 Å². The fraction of sp³-hybridized carbons (Fsp3) is 0.310. The first-order chi connectivity index (χ1) is 17.4. The molecule has 0 atom stereocenters. The third-order valence-electron chi connectivity index (χ3n) is 6.26. The van der Waals surface area contributed by atoms with E-state index in [1.165, 1.54) is 12.8 Å². The number of carbonyl (C=O) groups excluding carboxylic acids is 1. The molecule has 4 rings (SSSR count). The van der Waals surface area contributed by atoms with E-state index in [4.69, 9.17) is 4.98 Å². The Morgan fingerprint density at radius 3 is 1.92 bits per heavy atom. The summed E-state index contributed by atoms with van der Waals surface area (Å²) in [6.07, 6.45) is 7.49. The molecule has 0 fully saturated rings. The zero-order valence-corrected chi connectivity index (χ0v) is 22.9. The van der Waals surface area contributed by atoms with E-state index in [1.807, 2.05) is 48.5 Å². The zero-order chi connectivity index (χ0) is 25.5. The molecule has 1 N–H and O–H groups in total. The molecule has 4 aromatic rings. The SMILES string of the molecule is CCCCCCCCC(=O)N(c1ccc(Nc2c3ccccc3nc3ccccc23)cc1)S(C)(=O)=O.Cl. The van der Waals surface area contributed by atoms with Crippen molar-refractivity contribution in [1.82, 2.24) is 4.98 Å². The van der Waals surface area contributed by atoms with Gasteiger partial charge in [0, 0.05) is 22.9 Å². The maximum atomic E-state index is 12.9. The number of carbonyl (C=O) groups is 1.